The molecular formula is C26H35N3O2. The van der Waals surface area contributed by atoms with Gasteiger partial charge < -0.3 is 15.5 Å². The summed E-state index contributed by atoms with van der Waals surface area (Å²) in [5.74, 6) is 2.08. The number of hydrogen-bond donors (Lipinski definition) is 2. The highest BCUT2D eigenvalue weighted by Gasteiger charge is 2.60. The standard InChI is InChI=1S/C26H35N3O2/c1-25-15-13-20-18(9-12-22-26(20,2)16-14-23(30)29(22)3)19(25)10-11-21(25)28-24(31)27-17-7-5-4-6-8-17/h4-8,14,16,18-22H,9-13,15H2,1-3H3,(H2,27,28,31)/t18-,19-,20+,21?,22?,25-,26+/m0/s1. The minimum atomic E-state index is -0.0915. The molecule has 7 atom stereocenters. The number of nitrogens with zero attached hydrogens (tertiary/aromatic N) is 1. The van der Waals surface area contributed by atoms with E-state index in [4.69, 9.17) is 0 Å². The van der Waals surface area contributed by atoms with Crippen LogP contribution in [0.2, 0.25) is 0 Å². The molecule has 1 aliphatic heterocycles. The summed E-state index contributed by atoms with van der Waals surface area (Å²) in [5.41, 5.74) is 1.05. The molecule has 0 bridgehead atoms. The molecule has 5 heteroatoms. The van der Waals surface area contributed by atoms with Crippen molar-refractivity contribution in [1.82, 2.24) is 10.2 Å². The van der Waals surface area contributed by atoms with Gasteiger partial charge in [0, 0.05) is 30.2 Å². The number of benzene rings is 1. The zero-order valence-corrected chi connectivity index (χ0v) is 18.9. The Morgan fingerprint density at radius 2 is 1.81 bits per heavy atom. The number of likely N-dealkylation sites (N-methyl/N-ethyl adjacent to an activating group) is 1. The maximum Gasteiger partial charge on any atom is 0.319 e. The molecule has 3 aliphatic carbocycles. The van der Waals surface area contributed by atoms with Gasteiger partial charge in [-0.2, -0.15) is 0 Å². The van der Waals surface area contributed by atoms with Crippen LogP contribution >= 0.6 is 0 Å². The van der Waals surface area contributed by atoms with Crippen molar-refractivity contribution >= 4 is 17.6 Å². The molecular weight excluding hydrogens is 386 g/mol. The van der Waals surface area contributed by atoms with Crippen LogP contribution in [0.3, 0.4) is 0 Å². The fraction of sp³-hybridized carbons (Fsp3) is 0.615. The number of amides is 3. The Kier molecular flexibility index (Phi) is 4.91. The fourth-order valence-corrected chi connectivity index (χ4v) is 7.82. The van der Waals surface area contributed by atoms with Gasteiger partial charge in [-0.1, -0.05) is 38.1 Å². The summed E-state index contributed by atoms with van der Waals surface area (Å²) < 4.78 is 0. The van der Waals surface area contributed by atoms with E-state index in [2.05, 4.69) is 30.6 Å². The third-order valence-electron chi connectivity index (χ3n) is 9.46. The van der Waals surface area contributed by atoms with Crippen LogP contribution in [0.1, 0.15) is 52.4 Å². The first kappa shape index (κ1) is 20.6. The van der Waals surface area contributed by atoms with E-state index in [1.807, 2.05) is 42.3 Å². The molecule has 5 nitrogen and oxygen atoms in total. The summed E-state index contributed by atoms with van der Waals surface area (Å²) >= 11 is 0. The van der Waals surface area contributed by atoms with Crippen molar-refractivity contribution in [3.8, 4) is 0 Å². The van der Waals surface area contributed by atoms with Gasteiger partial charge in [0.1, 0.15) is 0 Å². The van der Waals surface area contributed by atoms with Gasteiger partial charge in [0.2, 0.25) is 5.91 Å². The molecule has 3 fully saturated rings. The molecule has 0 radical (unpaired) electrons. The maximum absolute atomic E-state index is 12.7. The number of anilines is 1. The fourth-order valence-electron chi connectivity index (χ4n) is 7.82. The normalized spacial score (nSPS) is 41.2. The summed E-state index contributed by atoms with van der Waals surface area (Å²) in [4.78, 5) is 26.9. The van der Waals surface area contributed by atoms with Crippen molar-refractivity contribution in [2.45, 2.75) is 64.5 Å². The van der Waals surface area contributed by atoms with Gasteiger partial charge in [-0.15, -0.1) is 0 Å². The van der Waals surface area contributed by atoms with Gasteiger partial charge in [0.25, 0.3) is 0 Å². The molecule has 0 aromatic heterocycles. The number of fused-ring (bicyclic) bond motifs is 5. The van der Waals surface area contributed by atoms with Crippen molar-refractivity contribution in [3.63, 3.8) is 0 Å². The first-order valence-corrected chi connectivity index (χ1v) is 11.9. The summed E-state index contributed by atoms with van der Waals surface area (Å²) in [6.07, 6.45) is 10.9. The summed E-state index contributed by atoms with van der Waals surface area (Å²) in [6, 6.07) is 10.1. The minimum absolute atomic E-state index is 0.0725. The molecule has 0 saturated heterocycles. The second kappa shape index (κ2) is 7.39. The van der Waals surface area contributed by atoms with Gasteiger partial charge in [-0.05, 0) is 79.9 Å². The van der Waals surface area contributed by atoms with Crippen LogP contribution in [0, 0.1) is 28.6 Å². The molecule has 1 heterocycles. The quantitative estimate of drug-likeness (QED) is 0.719. The molecule has 5 rings (SSSR count). The van der Waals surface area contributed by atoms with Crippen LogP contribution in [0.4, 0.5) is 10.5 Å². The number of urea groups is 1. The zero-order chi connectivity index (χ0) is 21.8. The highest BCUT2D eigenvalue weighted by Crippen LogP contribution is 2.63. The zero-order valence-electron chi connectivity index (χ0n) is 18.9. The molecule has 31 heavy (non-hydrogen) atoms. The molecule has 1 aromatic carbocycles. The summed E-state index contributed by atoms with van der Waals surface area (Å²) in [5, 5.41) is 6.32. The molecule has 2 unspecified atom stereocenters. The average molecular weight is 422 g/mol. The van der Waals surface area contributed by atoms with Crippen LogP contribution < -0.4 is 10.6 Å². The number of carbonyl (C=O) groups is 2. The third kappa shape index (κ3) is 3.19. The predicted molar refractivity (Wildman–Crippen MR) is 122 cm³/mol. The highest BCUT2D eigenvalue weighted by atomic mass is 16.2. The average Bonchev–Trinajstić information content (AvgIpc) is 3.08. The molecule has 2 N–H and O–H groups in total. The highest BCUT2D eigenvalue weighted by molar-refractivity contribution is 5.89. The SMILES string of the molecule is CN1C(=O)C=C[C@@]2(C)C1CC[C@@H]1[C@H]2CC[C@]2(C)C(NC(=O)Nc3ccccc3)CC[C@@H]12. The first-order valence-electron chi connectivity index (χ1n) is 11.9. The van der Waals surface area contributed by atoms with Gasteiger partial charge in [0.05, 0.1) is 0 Å². The second-order valence-corrected chi connectivity index (χ2v) is 10.8. The smallest absolute Gasteiger partial charge is 0.319 e. The van der Waals surface area contributed by atoms with Gasteiger partial charge in [-0.3, -0.25) is 4.79 Å². The Morgan fingerprint density at radius 3 is 2.58 bits per heavy atom. The Hall–Kier alpha value is -2.30. The van der Waals surface area contributed by atoms with Gasteiger partial charge in [-0.25, -0.2) is 4.79 Å². The molecule has 1 aromatic rings. The van der Waals surface area contributed by atoms with Crippen molar-refractivity contribution in [2.75, 3.05) is 12.4 Å². The van der Waals surface area contributed by atoms with Crippen LogP contribution in [-0.2, 0) is 4.79 Å². The largest absolute Gasteiger partial charge is 0.338 e. The number of hydrogen-bond acceptors (Lipinski definition) is 2. The second-order valence-electron chi connectivity index (χ2n) is 10.8. The predicted octanol–water partition coefficient (Wildman–Crippen LogP) is 4.82. The number of nitrogens with one attached hydrogen (secondary N) is 2. The first-order chi connectivity index (χ1) is 14.8. The van der Waals surface area contributed by atoms with E-state index in [0.29, 0.717) is 23.8 Å². The van der Waals surface area contributed by atoms with Crippen LogP contribution in [0.15, 0.2) is 42.5 Å². The number of para-hydroxylation sites is 1. The summed E-state index contributed by atoms with van der Waals surface area (Å²) in [6.45, 7) is 4.80. The Morgan fingerprint density at radius 1 is 1.03 bits per heavy atom. The van der Waals surface area contributed by atoms with Crippen LogP contribution in [0.5, 0.6) is 0 Å². The van der Waals surface area contributed by atoms with Gasteiger partial charge >= 0.3 is 6.03 Å². The van der Waals surface area contributed by atoms with E-state index in [1.165, 1.54) is 19.3 Å². The molecule has 0 spiro atoms. The Bertz CT molecular complexity index is 899. The van der Waals surface area contributed by atoms with E-state index in [-0.39, 0.29) is 28.8 Å². The molecule has 3 saturated carbocycles. The van der Waals surface area contributed by atoms with E-state index in [0.717, 1.165) is 24.9 Å². The molecule has 3 amide bonds. The lowest BCUT2D eigenvalue weighted by molar-refractivity contribution is -0.138. The van der Waals surface area contributed by atoms with Crippen molar-refractivity contribution < 1.29 is 9.59 Å². The lowest BCUT2D eigenvalue weighted by Gasteiger charge is -2.60. The lowest BCUT2D eigenvalue weighted by atomic mass is 9.48. The molecule has 166 valence electrons. The van der Waals surface area contributed by atoms with E-state index in [9.17, 15) is 9.59 Å². The Balaban J connectivity index is 1.32. The van der Waals surface area contributed by atoms with Gasteiger partial charge in [0.15, 0.2) is 0 Å². The van der Waals surface area contributed by atoms with E-state index in [1.54, 1.807) is 6.08 Å². The monoisotopic (exact) mass is 421 g/mol. The van der Waals surface area contributed by atoms with Crippen molar-refractivity contribution in [1.29, 1.82) is 0 Å². The maximum atomic E-state index is 12.7. The molecule has 4 aliphatic rings. The number of carbonyl (C=O) groups excluding carboxylic acids is 2. The van der Waals surface area contributed by atoms with Crippen LogP contribution in [-0.4, -0.2) is 36.0 Å². The number of rotatable bonds is 2. The van der Waals surface area contributed by atoms with Crippen molar-refractivity contribution in [3.05, 3.63) is 42.5 Å². The third-order valence-corrected chi connectivity index (χ3v) is 9.46. The topological polar surface area (TPSA) is 61.4 Å². The van der Waals surface area contributed by atoms with E-state index < -0.39 is 0 Å². The van der Waals surface area contributed by atoms with Crippen molar-refractivity contribution in [2.24, 2.45) is 28.6 Å². The van der Waals surface area contributed by atoms with E-state index >= 15 is 0 Å². The minimum Gasteiger partial charge on any atom is -0.338 e. The summed E-state index contributed by atoms with van der Waals surface area (Å²) in [7, 11) is 1.98. The lowest BCUT2D eigenvalue weighted by Crippen LogP contribution is -2.60. The Labute approximate surface area is 185 Å². The van der Waals surface area contributed by atoms with Crippen LogP contribution in [0.25, 0.3) is 0 Å².